The lowest BCUT2D eigenvalue weighted by atomic mass is 10.1. The minimum Gasteiger partial charge on any atom is -0.373 e. The fraction of sp³-hybridized carbons (Fsp3) is 0.222. The van der Waals surface area contributed by atoms with E-state index < -0.39 is 6.04 Å². The van der Waals surface area contributed by atoms with Crippen LogP contribution < -0.4 is 10.2 Å². The van der Waals surface area contributed by atoms with Crippen molar-refractivity contribution in [2.45, 2.75) is 26.3 Å². The molecule has 3 rings (SSSR count). The first kappa shape index (κ1) is 14.3. The lowest BCUT2D eigenvalue weighted by Gasteiger charge is -2.17. The third-order valence-corrected chi connectivity index (χ3v) is 3.88. The van der Waals surface area contributed by atoms with Crippen LogP contribution in [0.5, 0.6) is 0 Å². The highest BCUT2D eigenvalue weighted by Crippen LogP contribution is 2.26. The quantitative estimate of drug-likeness (QED) is 0.885. The van der Waals surface area contributed by atoms with Crippen LogP contribution in [0.15, 0.2) is 48.5 Å². The molecule has 112 valence electrons. The maximum absolute atomic E-state index is 12.6. The van der Waals surface area contributed by atoms with Crippen molar-refractivity contribution in [3.63, 3.8) is 0 Å². The lowest BCUT2D eigenvalue weighted by Crippen LogP contribution is -2.34. The van der Waals surface area contributed by atoms with E-state index in [1.54, 1.807) is 6.07 Å². The van der Waals surface area contributed by atoms with Gasteiger partial charge in [-0.25, -0.2) is 4.90 Å². The molecule has 4 heteroatoms. The summed E-state index contributed by atoms with van der Waals surface area (Å²) in [6.45, 7) is 3.92. The average molecular weight is 294 g/mol. The highest BCUT2D eigenvalue weighted by Gasteiger charge is 2.39. The Morgan fingerprint density at radius 1 is 1.05 bits per heavy atom. The van der Waals surface area contributed by atoms with E-state index in [-0.39, 0.29) is 18.2 Å². The summed E-state index contributed by atoms with van der Waals surface area (Å²) < 4.78 is 0. The number of amides is 2. The van der Waals surface area contributed by atoms with Crippen LogP contribution in [0.2, 0.25) is 0 Å². The Kier molecular flexibility index (Phi) is 3.67. The van der Waals surface area contributed by atoms with Gasteiger partial charge in [0.2, 0.25) is 5.91 Å². The normalized spacial score (nSPS) is 17.9. The van der Waals surface area contributed by atoms with Crippen molar-refractivity contribution in [3.05, 3.63) is 59.7 Å². The molecule has 1 atom stereocenters. The van der Waals surface area contributed by atoms with E-state index in [9.17, 15) is 9.59 Å². The number of nitrogens with one attached hydrogen (secondary N) is 1. The van der Waals surface area contributed by atoms with Crippen molar-refractivity contribution in [3.8, 4) is 0 Å². The molecule has 1 heterocycles. The number of benzene rings is 2. The minimum atomic E-state index is -0.505. The Bertz CT molecular complexity index is 739. The van der Waals surface area contributed by atoms with Gasteiger partial charge >= 0.3 is 0 Å². The molecule has 2 aromatic carbocycles. The molecular formula is C18H18N2O2. The van der Waals surface area contributed by atoms with Gasteiger partial charge in [0.05, 0.1) is 12.1 Å². The van der Waals surface area contributed by atoms with Gasteiger partial charge in [-0.3, -0.25) is 9.59 Å². The van der Waals surface area contributed by atoms with E-state index in [4.69, 9.17) is 0 Å². The zero-order valence-electron chi connectivity index (χ0n) is 12.7. The molecule has 1 saturated heterocycles. The van der Waals surface area contributed by atoms with E-state index in [1.807, 2.05) is 56.3 Å². The fourth-order valence-corrected chi connectivity index (χ4v) is 2.71. The first-order valence-electron chi connectivity index (χ1n) is 7.32. The Hall–Kier alpha value is -2.62. The van der Waals surface area contributed by atoms with Gasteiger partial charge in [-0.1, -0.05) is 30.3 Å². The third-order valence-electron chi connectivity index (χ3n) is 3.88. The van der Waals surface area contributed by atoms with Crippen molar-refractivity contribution in [2.75, 3.05) is 10.2 Å². The predicted octanol–water partition coefficient (Wildman–Crippen LogP) is 3.05. The lowest BCUT2D eigenvalue weighted by molar-refractivity contribution is -0.121. The Labute approximate surface area is 129 Å². The molecule has 2 amide bonds. The van der Waals surface area contributed by atoms with Gasteiger partial charge in [-0.05, 0) is 43.2 Å². The summed E-state index contributed by atoms with van der Waals surface area (Å²) in [6, 6.07) is 14.7. The first-order chi connectivity index (χ1) is 10.6. The Balaban J connectivity index is 1.84. The van der Waals surface area contributed by atoms with Crippen molar-refractivity contribution >= 4 is 23.2 Å². The van der Waals surface area contributed by atoms with E-state index in [0.29, 0.717) is 5.69 Å². The van der Waals surface area contributed by atoms with E-state index in [2.05, 4.69) is 5.32 Å². The molecule has 2 aromatic rings. The summed E-state index contributed by atoms with van der Waals surface area (Å²) >= 11 is 0. The molecule has 0 saturated carbocycles. The van der Waals surface area contributed by atoms with Crippen molar-refractivity contribution in [1.82, 2.24) is 0 Å². The molecule has 1 aliphatic rings. The molecular weight excluding hydrogens is 276 g/mol. The van der Waals surface area contributed by atoms with Crippen LogP contribution in [0, 0.1) is 13.8 Å². The third kappa shape index (κ3) is 2.60. The van der Waals surface area contributed by atoms with Gasteiger partial charge in [0.25, 0.3) is 5.91 Å². The smallest absolute Gasteiger partial charge is 0.256 e. The molecule has 0 aromatic heterocycles. The number of carbonyl (C=O) groups is 2. The molecule has 0 spiro atoms. The summed E-state index contributed by atoms with van der Waals surface area (Å²) in [5, 5.41) is 3.19. The van der Waals surface area contributed by atoms with Crippen molar-refractivity contribution in [1.29, 1.82) is 0 Å². The van der Waals surface area contributed by atoms with Crippen LogP contribution in [-0.4, -0.2) is 17.9 Å². The number of carbonyl (C=O) groups excluding carboxylic acids is 2. The van der Waals surface area contributed by atoms with Crippen LogP contribution >= 0.6 is 0 Å². The summed E-state index contributed by atoms with van der Waals surface area (Å²) in [4.78, 5) is 26.1. The molecule has 0 radical (unpaired) electrons. The SMILES string of the molecule is Cc1cccc(N2C(=O)CC(Nc3ccccc3C)C2=O)c1. The van der Waals surface area contributed by atoms with Crippen LogP contribution in [0.4, 0.5) is 11.4 Å². The fourth-order valence-electron chi connectivity index (χ4n) is 2.71. The van der Waals surface area contributed by atoms with Gasteiger partial charge in [0, 0.05) is 5.69 Å². The first-order valence-corrected chi connectivity index (χ1v) is 7.32. The highest BCUT2D eigenvalue weighted by atomic mass is 16.2. The van der Waals surface area contributed by atoms with Crippen LogP contribution in [0.1, 0.15) is 17.5 Å². The van der Waals surface area contributed by atoms with E-state index in [1.165, 1.54) is 4.90 Å². The second-order valence-electron chi connectivity index (χ2n) is 5.62. The van der Waals surface area contributed by atoms with Crippen molar-refractivity contribution < 1.29 is 9.59 Å². The average Bonchev–Trinajstić information content (AvgIpc) is 2.76. The summed E-state index contributed by atoms with van der Waals surface area (Å²) in [5.41, 5.74) is 3.61. The highest BCUT2D eigenvalue weighted by molar-refractivity contribution is 6.23. The molecule has 1 unspecified atom stereocenters. The van der Waals surface area contributed by atoms with Crippen LogP contribution in [-0.2, 0) is 9.59 Å². The largest absolute Gasteiger partial charge is 0.373 e. The molecule has 1 fully saturated rings. The monoisotopic (exact) mass is 294 g/mol. The summed E-state index contributed by atoms with van der Waals surface area (Å²) in [6.07, 6.45) is 0.182. The minimum absolute atomic E-state index is 0.165. The Morgan fingerprint density at radius 3 is 2.55 bits per heavy atom. The number of aryl methyl sites for hydroxylation is 2. The van der Waals surface area contributed by atoms with E-state index >= 15 is 0 Å². The standard InChI is InChI=1S/C18H18N2O2/c1-12-6-5-8-14(10-12)20-17(21)11-16(18(20)22)19-15-9-4-3-7-13(15)2/h3-10,16,19H,11H2,1-2H3. The summed E-state index contributed by atoms with van der Waals surface area (Å²) in [5.74, 6) is -0.361. The number of nitrogens with zero attached hydrogens (tertiary/aromatic N) is 1. The van der Waals surface area contributed by atoms with Crippen molar-refractivity contribution in [2.24, 2.45) is 0 Å². The second kappa shape index (κ2) is 5.64. The number of imide groups is 1. The molecule has 0 aliphatic carbocycles. The van der Waals surface area contributed by atoms with Gasteiger partial charge < -0.3 is 5.32 Å². The zero-order valence-corrected chi connectivity index (χ0v) is 12.7. The number of para-hydroxylation sites is 1. The maximum Gasteiger partial charge on any atom is 0.256 e. The molecule has 0 bridgehead atoms. The predicted molar refractivity (Wildman–Crippen MR) is 86.9 cm³/mol. The maximum atomic E-state index is 12.6. The number of anilines is 2. The van der Waals surface area contributed by atoms with Gasteiger partial charge in [-0.2, -0.15) is 0 Å². The van der Waals surface area contributed by atoms with Gasteiger partial charge in [0.1, 0.15) is 6.04 Å². The second-order valence-corrected chi connectivity index (χ2v) is 5.62. The van der Waals surface area contributed by atoms with E-state index in [0.717, 1.165) is 16.8 Å². The zero-order chi connectivity index (χ0) is 15.7. The number of rotatable bonds is 3. The topological polar surface area (TPSA) is 49.4 Å². The van der Waals surface area contributed by atoms with Crippen LogP contribution in [0.3, 0.4) is 0 Å². The summed E-state index contributed by atoms with van der Waals surface area (Å²) in [7, 11) is 0. The van der Waals surface area contributed by atoms with Gasteiger partial charge in [0.15, 0.2) is 0 Å². The molecule has 1 aliphatic heterocycles. The Morgan fingerprint density at radius 2 is 1.82 bits per heavy atom. The number of hydrogen-bond donors (Lipinski definition) is 1. The molecule has 22 heavy (non-hydrogen) atoms. The van der Waals surface area contributed by atoms with Gasteiger partial charge in [-0.15, -0.1) is 0 Å². The molecule has 1 N–H and O–H groups in total. The molecule has 4 nitrogen and oxygen atoms in total. The number of hydrogen-bond acceptors (Lipinski definition) is 3. The van der Waals surface area contributed by atoms with Crippen LogP contribution in [0.25, 0.3) is 0 Å².